The van der Waals surface area contributed by atoms with Crippen LogP contribution in [0.1, 0.15) is 162 Å². The molecular weight excluding hydrogens is 432 g/mol. The van der Waals surface area contributed by atoms with Crippen LogP contribution in [0.3, 0.4) is 0 Å². The Morgan fingerprint density at radius 3 is 1.09 bits per heavy atom. The Morgan fingerprint density at radius 1 is 0.600 bits per heavy atom. The minimum atomic E-state index is -1.32. The van der Waals surface area contributed by atoms with E-state index in [2.05, 4.69) is 13.8 Å². The largest absolute Gasteiger partial charge is 0.543 e. The van der Waals surface area contributed by atoms with Crippen LogP contribution in [0, 0.1) is 5.92 Å². The monoisotopic (exact) mass is 496 g/mol. The summed E-state index contributed by atoms with van der Waals surface area (Å²) in [4.78, 5) is 12.2. The van der Waals surface area contributed by atoms with Crippen LogP contribution in [0.2, 0.25) is 0 Å². The van der Waals surface area contributed by atoms with E-state index in [0.29, 0.717) is 0 Å². The first-order valence-electron chi connectivity index (χ1n) is 15.5. The number of aliphatic carboxylic acids is 1. The van der Waals surface area contributed by atoms with Crippen LogP contribution in [-0.2, 0) is 4.79 Å². The quantitative estimate of drug-likeness (QED) is 0.0757. The van der Waals surface area contributed by atoms with E-state index in [1.165, 1.54) is 122 Å². The van der Waals surface area contributed by atoms with Gasteiger partial charge in [-0.15, -0.1) is 0 Å². The molecule has 0 saturated carbocycles. The molecule has 0 aromatic carbocycles. The number of carbonyl (C=O) groups excluding carboxylic acids is 1. The Balaban J connectivity index is 4.34. The van der Waals surface area contributed by atoms with Crippen LogP contribution < -0.4 is 10.8 Å². The lowest BCUT2D eigenvalue weighted by Gasteiger charge is -2.48. The lowest BCUT2D eigenvalue weighted by atomic mass is 9.81. The third-order valence-electron chi connectivity index (χ3n) is 8.12. The number of carboxylic acid groups (broad SMARTS) is 1. The molecule has 0 amide bonds. The lowest BCUT2D eigenvalue weighted by Crippen LogP contribution is -2.75. The highest BCUT2D eigenvalue weighted by atomic mass is 16.4. The van der Waals surface area contributed by atoms with Crippen LogP contribution in [0.4, 0.5) is 0 Å². The maximum atomic E-state index is 12.2. The van der Waals surface area contributed by atoms with Crippen LogP contribution in [0.25, 0.3) is 0 Å². The molecule has 2 N–H and O–H groups in total. The van der Waals surface area contributed by atoms with Crippen molar-refractivity contribution in [2.45, 2.75) is 167 Å². The van der Waals surface area contributed by atoms with Crippen molar-refractivity contribution in [3.8, 4) is 0 Å². The zero-order chi connectivity index (χ0) is 26.4. The maximum absolute atomic E-state index is 12.2. The van der Waals surface area contributed by atoms with Crippen molar-refractivity contribution in [3.63, 3.8) is 0 Å². The molecule has 0 radical (unpaired) electrons. The Labute approximate surface area is 220 Å². The molecule has 0 aliphatic heterocycles. The topological polar surface area (TPSA) is 66.2 Å². The Bertz CT molecular complexity index is 489. The molecule has 0 aromatic rings. The van der Waals surface area contributed by atoms with Gasteiger partial charge in [0, 0.05) is 5.92 Å². The fourth-order valence-corrected chi connectivity index (χ4v) is 5.51. The van der Waals surface area contributed by atoms with Gasteiger partial charge < -0.3 is 14.4 Å². The highest BCUT2D eigenvalue weighted by Crippen LogP contribution is 2.32. The standard InChI is InChI=1S/C31H64N2O2/c1-6-8-10-12-14-16-17-18-20-22-24-26-28-29(31(32,30(34)35)33(3,4)5)27-25-23-21-19-15-13-11-9-7-2/h29H,6-28,32H2,1-5H3. The summed E-state index contributed by atoms with van der Waals surface area (Å²) < 4.78 is 0.218. The number of hydrogen-bond donors (Lipinski definition) is 1. The third kappa shape index (κ3) is 16.0. The molecule has 0 saturated heterocycles. The smallest absolute Gasteiger partial charge is 0.193 e. The third-order valence-corrected chi connectivity index (χ3v) is 8.12. The lowest BCUT2D eigenvalue weighted by molar-refractivity contribution is -0.921. The fourth-order valence-electron chi connectivity index (χ4n) is 5.51. The predicted molar refractivity (Wildman–Crippen MR) is 151 cm³/mol. The van der Waals surface area contributed by atoms with Gasteiger partial charge in [0.25, 0.3) is 0 Å². The van der Waals surface area contributed by atoms with Gasteiger partial charge in [-0.05, 0) is 12.8 Å². The van der Waals surface area contributed by atoms with Crippen molar-refractivity contribution in [3.05, 3.63) is 0 Å². The number of carbonyl (C=O) groups is 1. The van der Waals surface area contributed by atoms with Crippen LogP contribution in [0.5, 0.6) is 0 Å². The van der Waals surface area contributed by atoms with Gasteiger partial charge >= 0.3 is 0 Å². The van der Waals surface area contributed by atoms with Crippen LogP contribution in [-0.4, -0.2) is 37.3 Å². The summed E-state index contributed by atoms with van der Waals surface area (Å²) >= 11 is 0. The average molecular weight is 497 g/mol. The van der Waals surface area contributed by atoms with Gasteiger partial charge in [-0.1, -0.05) is 149 Å². The number of unbranched alkanes of at least 4 members (excludes halogenated alkanes) is 19. The first-order valence-corrected chi connectivity index (χ1v) is 15.5. The van der Waals surface area contributed by atoms with E-state index in [4.69, 9.17) is 5.73 Å². The molecular formula is C31H64N2O2. The molecule has 210 valence electrons. The van der Waals surface area contributed by atoms with Crippen molar-refractivity contribution in [2.24, 2.45) is 11.7 Å². The molecule has 0 aromatic heterocycles. The summed E-state index contributed by atoms with van der Waals surface area (Å²) in [7, 11) is 5.71. The minimum Gasteiger partial charge on any atom is -0.543 e. The number of quaternary nitrogens is 1. The van der Waals surface area contributed by atoms with Crippen molar-refractivity contribution in [1.29, 1.82) is 0 Å². The number of nitrogens with two attached hydrogens (primary N) is 1. The van der Waals surface area contributed by atoms with Crippen molar-refractivity contribution >= 4 is 5.97 Å². The molecule has 0 heterocycles. The van der Waals surface area contributed by atoms with E-state index < -0.39 is 11.6 Å². The summed E-state index contributed by atoms with van der Waals surface area (Å²) in [6.45, 7) is 4.53. The van der Waals surface area contributed by atoms with E-state index >= 15 is 0 Å². The van der Waals surface area contributed by atoms with E-state index in [9.17, 15) is 9.90 Å². The summed E-state index contributed by atoms with van der Waals surface area (Å²) in [6, 6.07) is 0. The Morgan fingerprint density at radius 2 is 0.857 bits per heavy atom. The van der Waals surface area contributed by atoms with E-state index in [1.807, 2.05) is 21.1 Å². The van der Waals surface area contributed by atoms with Crippen LogP contribution >= 0.6 is 0 Å². The second-order valence-corrected chi connectivity index (χ2v) is 12.1. The molecule has 2 unspecified atom stereocenters. The Hall–Kier alpha value is -0.610. The first-order chi connectivity index (χ1) is 16.7. The Kier molecular flexibility index (Phi) is 21.1. The van der Waals surface area contributed by atoms with Crippen molar-refractivity contribution in [2.75, 3.05) is 21.1 Å². The molecule has 4 heteroatoms. The average Bonchev–Trinajstić information content (AvgIpc) is 2.80. The number of rotatable bonds is 26. The highest BCUT2D eigenvalue weighted by Gasteiger charge is 2.47. The summed E-state index contributed by atoms with van der Waals surface area (Å²) in [5.41, 5.74) is 5.30. The van der Waals surface area contributed by atoms with Gasteiger partial charge in [0.1, 0.15) is 5.97 Å². The maximum Gasteiger partial charge on any atom is 0.193 e. The normalized spacial score (nSPS) is 14.7. The van der Waals surface area contributed by atoms with E-state index in [1.54, 1.807) is 0 Å². The van der Waals surface area contributed by atoms with E-state index in [-0.39, 0.29) is 10.4 Å². The zero-order valence-corrected chi connectivity index (χ0v) is 24.7. The second kappa shape index (κ2) is 21.5. The molecule has 2 atom stereocenters. The van der Waals surface area contributed by atoms with Gasteiger partial charge in [0.05, 0.1) is 21.1 Å². The first kappa shape index (κ1) is 34.4. The summed E-state index contributed by atoms with van der Waals surface area (Å²) in [6.07, 6.45) is 29.1. The molecule has 0 fully saturated rings. The summed E-state index contributed by atoms with van der Waals surface area (Å²) in [5, 5.41) is 12.2. The summed E-state index contributed by atoms with van der Waals surface area (Å²) in [5.74, 6) is -1.12. The van der Waals surface area contributed by atoms with E-state index in [0.717, 1.165) is 25.7 Å². The van der Waals surface area contributed by atoms with Crippen molar-refractivity contribution < 1.29 is 14.4 Å². The van der Waals surface area contributed by atoms with Gasteiger partial charge in [0.2, 0.25) is 0 Å². The molecule has 4 nitrogen and oxygen atoms in total. The SMILES string of the molecule is CCCCCCCCCCCCCCC(CCCCCCCCCCC)C(N)(C(=O)[O-])[N+](C)(C)C. The molecule has 0 bridgehead atoms. The van der Waals surface area contributed by atoms with Gasteiger partial charge in [-0.3, -0.25) is 5.73 Å². The molecule has 0 spiro atoms. The predicted octanol–water partition coefficient (Wildman–Crippen LogP) is 7.73. The number of carboxylic acids is 1. The zero-order valence-electron chi connectivity index (χ0n) is 24.7. The van der Waals surface area contributed by atoms with Gasteiger partial charge in [-0.2, -0.15) is 0 Å². The second-order valence-electron chi connectivity index (χ2n) is 12.1. The molecule has 0 rings (SSSR count). The highest BCUT2D eigenvalue weighted by molar-refractivity contribution is 5.74. The van der Waals surface area contributed by atoms with Crippen LogP contribution in [0.15, 0.2) is 0 Å². The molecule has 0 aliphatic carbocycles. The minimum absolute atomic E-state index is 0.0276. The molecule has 35 heavy (non-hydrogen) atoms. The van der Waals surface area contributed by atoms with Crippen molar-refractivity contribution in [1.82, 2.24) is 0 Å². The fraction of sp³-hybridized carbons (Fsp3) is 0.968. The molecule has 0 aliphatic rings. The number of hydrogen-bond acceptors (Lipinski definition) is 3. The van der Waals surface area contributed by atoms with Gasteiger partial charge in [0.15, 0.2) is 5.66 Å². The van der Waals surface area contributed by atoms with Gasteiger partial charge in [-0.25, -0.2) is 0 Å². The number of likely N-dealkylation sites (N-methyl/N-ethyl adjacent to an activating group) is 1. The number of nitrogens with zero attached hydrogens (tertiary/aromatic N) is 1.